The molecule has 2 aliphatic rings. The minimum absolute atomic E-state index is 0.0915. The average molecular weight is 439 g/mol. The fourth-order valence-corrected chi connectivity index (χ4v) is 7.63. The number of anilines is 1. The van der Waals surface area contributed by atoms with Gasteiger partial charge in [0, 0.05) is 37.4 Å². The largest absolute Gasteiger partial charge is 0.375 e. The Morgan fingerprint density at radius 1 is 0.871 bits per heavy atom. The first-order valence-corrected chi connectivity index (χ1v) is 12.6. The minimum atomic E-state index is -0.0915. The van der Waals surface area contributed by atoms with E-state index in [9.17, 15) is 0 Å². The number of aryl methyl sites for hydroxylation is 1. The van der Waals surface area contributed by atoms with Crippen molar-refractivity contribution in [2.45, 2.75) is 26.3 Å². The molecule has 4 heteroatoms. The second-order valence-electron chi connectivity index (χ2n) is 8.74. The molecule has 0 atom stereocenters. The van der Waals surface area contributed by atoms with Crippen molar-refractivity contribution < 1.29 is 0 Å². The van der Waals surface area contributed by atoms with Gasteiger partial charge in [0.25, 0.3) is 0 Å². The molecule has 1 aromatic heterocycles. The lowest BCUT2D eigenvalue weighted by Gasteiger charge is -2.35. The fraction of sp³-hybridized carbons (Fsp3) is 0.148. The molecule has 3 heterocycles. The van der Waals surface area contributed by atoms with E-state index in [-0.39, 0.29) is 5.54 Å². The monoisotopic (exact) mass is 438 g/mol. The Bertz CT molecular complexity index is 1390. The van der Waals surface area contributed by atoms with Gasteiger partial charge < -0.3 is 5.32 Å². The van der Waals surface area contributed by atoms with Crippen LogP contribution in [0, 0.1) is 6.92 Å². The van der Waals surface area contributed by atoms with E-state index in [1.807, 2.05) is 21.6 Å². The quantitative estimate of drug-likeness (QED) is 0.240. The van der Waals surface area contributed by atoms with Crippen molar-refractivity contribution in [1.29, 1.82) is 0 Å². The van der Waals surface area contributed by atoms with E-state index in [0.717, 1.165) is 11.0 Å². The second-order valence-corrected chi connectivity index (χ2v) is 10.9. The standard InChI is InChI=1S/C27H22N2S2/c1-16-12-13-19-23(14-16)29-27(2,3)26-25(19)24(30-31-26)15-20-17-8-4-6-10-21(17)28-22-11-7-5-9-18(20)22/h4-15,29H,1-3H3/b24-15+. The van der Waals surface area contributed by atoms with Crippen LogP contribution in [0.1, 0.15) is 30.5 Å². The molecule has 2 aliphatic heterocycles. The number of allylic oxidation sites excluding steroid dienone is 1. The lowest BCUT2D eigenvalue weighted by atomic mass is 9.88. The van der Waals surface area contributed by atoms with Gasteiger partial charge in [0.2, 0.25) is 0 Å². The molecule has 0 aliphatic carbocycles. The first-order chi connectivity index (χ1) is 15.0. The molecule has 0 amide bonds. The molecular weight excluding hydrogens is 416 g/mol. The first kappa shape index (κ1) is 19.0. The third-order valence-electron chi connectivity index (χ3n) is 6.05. The molecule has 0 saturated carbocycles. The zero-order chi connectivity index (χ0) is 21.2. The van der Waals surface area contributed by atoms with Crippen LogP contribution in [0.5, 0.6) is 0 Å². The summed E-state index contributed by atoms with van der Waals surface area (Å²) in [4.78, 5) is 7.63. The van der Waals surface area contributed by atoms with Crippen LogP contribution in [0.4, 0.5) is 5.69 Å². The molecule has 31 heavy (non-hydrogen) atoms. The van der Waals surface area contributed by atoms with Gasteiger partial charge in [-0.1, -0.05) is 70.1 Å². The van der Waals surface area contributed by atoms with Crippen molar-refractivity contribution in [2.24, 2.45) is 0 Å². The number of nitrogens with zero attached hydrogens (tertiary/aromatic N) is 1. The number of rotatable bonds is 1. The van der Waals surface area contributed by atoms with Gasteiger partial charge in [-0.15, -0.1) is 0 Å². The lowest BCUT2D eigenvalue weighted by molar-refractivity contribution is 0.698. The Morgan fingerprint density at radius 2 is 1.55 bits per heavy atom. The van der Waals surface area contributed by atoms with Crippen LogP contribution < -0.4 is 5.32 Å². The van der Waals surface area contributed by atoms with Gasteiger partial charge >= 0.3 is 0 Å². The summed E-state index contributed by atoms with van der Waals surface area (Å²) in [5.41, 5.74) is 8.42. The predicted molar refractivity (Wildman–Crippen MR) is 138 cm³/mol. The van der Waals surface area contributed by atoms with Crippen LogP contribution in [0.2, 0.25) is 0 Å². The van der Waals surface area contributed by atoms with Crippen LogP contribution in [-0.2, 0) is 0 Å². The van der Waals surface area contributed by atoms with Crippen molar-refractivity contribution in [1.82, 2.24) is 4.98 Å². The number of pyridine rings is 1. The maximum atomic E-state index is 4.90. The number of hydrogen-bond donors (Lipinski definition) is 1. The molecule has 0 radical (unpaired) electrons. The van der Waals surface area contributed by atoms with Gasteiger partial charge in [-0.3, -0.25) is 0 Å². The average Bonchev–Trinajstić information content (AvgIpc) is 3.18. The van der Waals surface area contributed by atoms with Crippen LogP contribution in [0.15, 0.2) is 76.5 Å². The van der Waals surface area contributed by atoms with E-state index in [2.05, 4.69) is 98.9 Å². The number of fused-ring (bicyclic) bond motifs is 4. The summed E-state index contributed by atoms with van der Waals surface area (Å²) in [7, 11) is 3.76. The topological polar surface area (TPSA) is 24.9 Å². The molecular formula is C27H22N2S2. The van der Waals surface area contributed by atoms with Crippen LogP contribution in [0.3, 0.4) is 0 Å². The van der Waals surface area contributed by atoms with Gasteiger partial charge in [-0.05, 0) is 56.2 Å². The van der Waals surface area contributed by atoms with Crippen molar-refractivity contribution in [3.8, 4) is 0 Å². The number of aromatic nitrogens is 1. The summed E-state index contributed by atoms with van der Waals surface area (Å²) in [6.45, 7) is 6.71. The zero-order valence-corrected chi connectivity index (χ0v) is 19.3. The van der Waals surface area contributed by atoms with Gasteiger partial charge in [0.1, 0.15) is 0 Å². The molecule has 3 aromatic carbocycles. The van der Waals surface area contributed by atoms with E-state index in [0.29, 0.717) is 0 Å². The van der Waals surface area contributed by atoms with Gasteiger partial charge in [0.15, 0.2) is 0 Å². The maximum absolute atomic E-state index is 4.90. The molecule has 2 nitrogen and oxygen atoms in total. The van der Waals surface area contributed by atoms with Crippen LogP contribution in [-0.4, -0.2) is 10.5 Å². The Labute approximate surface area is 190 Å². The number of hydrogen-bond acceptors (Lipinski definition) is 4. The second kappa shape index (κ2) is 6.91. The summed E-state index contributed by atoms with van der Waals surface area (Å²) in [6, 6.07) is 23.7. The molecule has 0 bridgehead atoms. The SMILES string of the molecule is Cc1ccc2c(c1)NC(C)(C)C1=C2/C(=C\c2c3ccccc3nc3ccccc23)SS1. The molecule has 0 fully saturated rings. The van der Waals surface area contributed by atoms with E-state index in [4.69, 9.17) is 4.98 Å². The number of nitrogens with one attached hydrogen (secondary N) is 1. The highest BCUT2D eigenvalue weighted by Gasteiger charge is 2.38. The minimum Gasteiger partial charge on any atom is -0.375 e. The zero-order valence-electron chi connectivity index (χ0n) is 17.7. The summed E-state index contributed by atoms with van der Waals surface area (Å²) < 4.78 is 0. The Kier molecular flexibility index (Phi) is 4.24. The van der Waals surface area contributed by atoms with Crippen molar-refractivity contribution in [3.05, 3.63) is 93.2 Å². The number of para-hydroxylation sites is 2. The number of benzene rings is 3. The Balaban J connectivity index is 1.64. The predicted octanol–water partition coefficient (Wildman–Crippen LogP) is 8.05. The summed E-state index contributed by atoms with van der Waals surface area (Å²) in [5, 5.41) is 6.16. The molecule has 1 N–H and O–H groups in total. The third-order valence-corrected chi connectivity index (χ3v) is 8.81. The molecule has 6 rings (SSSR count). The fourth-order valence-electron chi connectivity index (χ4n) is 4.58. The summed E-state index contributed by atoms with van der Waals surface area (Å²) in [5.74, 6) is 0. The Hall–Kier alpha value is -2.69. The van der Waals surface area contributed by atoms with E-state index < -0.39 is 0 Å². The molecule has 0 unspecified atom stereocenters. The molecule has 0 saturated heterocycles. The van der Waals surface area contributed by atoms with Crippen molar-refractivity contribution >= 4 is 60.7 Å². The maximum Gasteiger partial charge on any atom is 0.0715 e. The lowest BCUT2D eigenvalue weighted by Crippen LogP contribution is -2.35. The van der Waals surface area contributed by atoms with Crippen LogP contribution in [0.25, 0.3) is 33.5 Å². The third kappa shape index (κ3) is 3.00. The van der Waals surface area contributed by atoms with Crippen molar-refractivity contribution in [2.75, 3.05) is 5.32 Å². The summed E-state index contributed by atoms with van der Waals surface area (Å²) in [6.07, 6.45) is 2.39. The highest BCUT2D eigenvalue weighted by atomic mass is 33.1. The van der Waals surface area contributed by atoms with E-state index in [1.165, 1.54) is 48.5 Å². The highest BCUT2D eigenvalue weighted by molar-refractivity contribution is 8.80. The van der Waals surface area contributed by atoms with E-state index >= 15 is 0 Å². The molecule has 4 aromatic rings. The summed E-state index contributed by atoms with van der Waals surface area (Å²) >= 11 is 0. The van der Waals surface area contributed by atoms with E-state index in [1.54, 1.807) is 0 Å². The van der Waals surface area contributed by atoms with Crippen LogP contribution >= 0.6 is 21.6 Å². The molecule has 152 valence electrons. The first-order valence-electron chi connectivity index (χ1n) is 10.5. The highest BCUT2D eigenvalue weighted by Crippen LogP contribution is 2.61. The van der Waals surface area contributed by atoms with Gasteiger partial charge in [-0.2, -0.15) is 0 Å². The smallest absolute Gasteiger partial charge is 0.0715 e. The van der Waals surface area contributed by atoms with Crippen molar-refractivity contribution in [3.63, 3.8) is 0 Å². The molecule has 0 spiro atoms. The van der Waals surface area contributed by atoms with Gasteiger partial charge in [0.05, 0.1) is 16.6 Å². The Morgan fingerprint density at radius 3 is 2.26 bits per heavy atom. The normalized spacial score (nSPS) is 18.4. The van der Waals surface area contributed by atoms with Gasteiger partial charge in [-0.25, -0.2) is 4.98 Å².